The van der Waals surface area contributed by atoms with E-state index < -0.39 is 36.9 Å². The molecule has 0 aromatic rings. The summed E-state index contributed by atoms with van der Waals surface area (Å²) in [6, 6.07) is -1.01. The second-order valence-corrected chi connectivity index (χ2v) is 17.1. The number of hydrogen-bond donors (Lipinski definition) is 5. The van der Waals surface area contributed by atoms with Gasteiger partial charge in [0, 0.05) is 0 Å². The quantitative estimate of drug-likeness (QED) is 0.0311. The Morgan fingerprint density at radius 1 is 0.421 bits per heavy atom. The van der Waals surface area contributed by atoms with E-state index in [9.17, 15) is 25.2 Å². The molecule has 0 rings (SSSR count). The predicted octanol–water partition coefficient (Wildman–Crippen LogP) is 13.7. The molecule has 0 saturated heterocycles. The molecule has 0 aliphatic carbocycles. The lowest BCUT2D eigenvalue weighted by atomic mass is 10.00. The molecule has 0 spiro atoms. The normalized spacial score (nSPS) is 14.3. The molecular weight excluding hydrogens is 707 g/mol. The lowest BCUT2D eigenvalue weighted by Crippen LogP contribution is -2.53. The Hall–Kier alpha value is -1.47. The monoisotopic (exact) mass is 804 g/mol. The van der Waals surface area contributed by atoms with Gasteiger partial charge in [0.2, 0.25) is 5.91 Å². The fraction of sp³-hybridized carbons (Fsp3) is 0.863. The molecule has 0 bridgehead atoms. The van der Waals surface area contributed by atoms with Gasteiger partial charge >= 0.3 is 0 Å². The molecule has 0 aliphatic rings. The summed E-state index contributed by atoms with van der Waals surface area (Å²) in [6.45, 7) is 4.03. The van der Waals surface area contributed by atoms with Crippen LogP contribution in [0.1, 0.15) is 251 Å². The highest BCUT2D eigenvalue weighted by Gasteiger charge is 2.28. The smallest absolute Gasteiger partial charge is 0.249 e. The van der Waals surface area contributed by atoms with Gasteiger partial charge in [-0.3, -0.25) is 4.79 Å². The molecule has 1 amide bonds. The first-order valence-electron chi connectivity index (χ1n) is 24.9. The third kappa shape index (κ3) is 39.7. The summed E-state index contributed by atoms with van der Waals surface area (Å²) in [5.74, 6) is -0.600. The Balaban J connectivity index is 3.70. The van der Waals surface area contributed by atoms with E-state index >= 15 is 0 Å². The number of aliphatic hydroxyl groups excluding tert-OH is 4. The van der Waals surface area contributed by atoms with Crippen molar-refractivity contribution in [2.24, 2.45) is 0 Å². The van der Waals surface area contributed by atoms with Crippen LogP contribution in [0.4, 0.5) is 0 Å². The van der Waals surface area contributed by atoms with Crippen molar-refractivity contribution in [2.75, 3.05) is 6.61 Å². The Labute approximate surface area is 354 Å². The summed E-state index contributed by atoms with van der Waals surface area (Å²) < 4.78 is 0. The molecule has 0 fully saturated rings. The highest BCUT2D eigenvalue weighted by molar-refractivity contribution is 5.80. The third-order valence-corrected chi connectivity index (χ3v) is 11.6. The van der Waals surface area contributed by atoms with Gasteiger partial charge in [-0.05, 0) is 64.2 Å². The van der Waals surface area contributed by atoms with Gasteiger partial charge in [-0.2, -0.15) is 0 Å². The number of rotatable bonds is 45. The van der Waals surface area contributed by atoms with Gasteiger partial charge in [0.05, 0.1) is 18.8 Å². The zero-order valence-electron chi connectivity index (χ0n) is 37.8. The standard InChI is InChI=1S/C51H97NO5/c1-3-5-7-9-11-13-15-16-17-18-19-20-21-22-23-24-25-26-27-28-29-30-31-32-33-35-36-38-40-42-44-48(54)50(56)47(46-53)52-51(57)49(55)45-43-41-39-37-34-14-12-10-8-6-4-2/h27-28,31-32,36,38,47-50,53-56H,3-26,29-30,33-35,37,39-46H2,1-2H3,(H,52,57)/b28-27+,32-31+,38-36+. The topological polar surface area (TPSA) is 110 Å². The molecule has 4 unspecified atom stereocenters. The molecule has 6 heteroatoms. The van der Waals surface area contributed by atoms with Gasteiger partial charge in [-0.1, -0.05) is 224 Å². The van der Waals surface area contributed by atoms with E-state index in [4.69, 9.17) is 0 Å². The van der Waals surface area contributed by atoms with Crippen LogP contribution in [0.25, 0.3) is 0 Å². The molecule has 0 aromatic heterocycles. The number of amides is 1. The first kappa shape index (κ1) is 55.5. The van der Waals surface area contributed by atoms with Crippen LogP contribution in [0.5, 0.6) is 0 Å². The van der Waals surface area contributed by atoms with Crippen molar-refractivity contribution in [3.05, 3.63) is 36.5 Å². The summed E-state index contributed by atoms with van der Waals surface area (Å²) in [6.07, 6.45) is 55.0. The van der Waals surface area contributed by atoms with Crippen molar-refractivity contribution < 1.29 is 25.2 Å². The average Bonchev–Trinajstić information content (AvgIpc) is 3.22. The van der Waals surface area contributed by atoms with E-state index in [-0.39, 0.29) is 0 Å². The average molecular weight is 804 g/mol. The Morgan fingerprint density at radius 3 is 1.11 bits per heavy atom. The van der Waals surface area contributed by atoms with Crippen molar-refractivity contribution in [1.29, 1.82) is 0 Å². The zero-order valence-corrected chi connectivity index (χ0v) is 37.8. The molecule has 6 nitrogen and oxygen atoms in total. The molecule has 0 aliphatic heterocycles. The van der Waals surface area contributed by atoms with Crippen molar-refractivity contribution in [2.45, 2.75) is 276 Å². The number of carbonyl (C=O) groups excluding carboxylic acids is 1. The zero-order chi connectivity index (χ0) is 41.7. The first-order valence-corrected chi connectivity index (χ1v) is 24.9. The highest BCUT2D eigenvalue weighted by Crippen LogP contribution is 2.16. The first-order chi connectivity index (χ1) is 28.0. The van der Waals surface area contributed by atoms with E-state index in [1.807, 2.05) is 0 Å². The van der Waals surface area contributed by atoms with E-state index in [0.717, 1.165) is 51.4 Å². The molecule has 4 atom stereocenters. The van der Waals surface area contributed by atoms with Crippen molar-refractivity contribution >= 4 is 5.91 Å². The van der Waals surface area contributed by atoms with Crippen LogP contribution < -0.4 is 5.32 Å². The van der Waals surface area contributed by atoms with E-state index in [0.29, 0.717) is 19.3 Å². The summed E-state index contributed by atoms with van der Waals surface area (Å²) in [5.41, 5.74) is 0. The van der Waals surface area contributed by atoms with Crippen LogP contribution in [0.2, 0.25) is 0 Å². The van der Waals surface area contributed by atoms with Gasteiger partial charge in [-0.25, -0.2) is 0 Å². The van der Waals surface area contributed by atoms with Crippen LogP contribution in [0.15, 0.2) is 36.5 Å². The number of unbranched alkanes of at least 4 members (excludes halogenated alkanes) is 30. The fourth-order valence-electron chi connectivity index (χ4n) is 7.61. The lowest BCUT2D eigenvalue weighted by molar-refractivity contribution is -0.132. The maximum Gasteiger partial charge on any atom is 0.249 e. The number of nitrogens with one attached hydrogen (secondary N) is 1. The summed E-state index contributed by atoms with van der Waals surface area (Å²) in [4.78, 5) is 12.5. The van der Waals surface area contributed by atoms with Crippen LogP contribution in [-0.4, -0.2) is 57.3 Å². The minimum atomic E-state index is -1.29. The van der Waals surface area contributed by atoms with Crippen LogP contribution >= 0.6 is 0 Å². The van der Waals surface area contributed by atoms with Gasteiger partial charge in [-0.15, -0.1) is 0 Å². The second kappa shape index (κ2) is 45.6. The van der Waals surface area contributed by atoms with Crippen LogP contribution in [0, 0.1) is 0 Å². The van der Waals surface area contributed by atoms with Crippen LogP contribution in [0.3, 0.4) is 0 Å². The molecule has 57 heavy (non-hydrogen) atoms. The van der Waals surface area contributed by atoms with E-state index in [1.165, 1.54) is 167 Å². The molecular formula is C51H97NO5. The van der Waals surface area contributed by atoms with Gasteiger partial charge in [0.1, 0.15) is 12.2 Å². The number of carbonyl (C=O) groups is 1. The summed E-state index contributed by atoms with van der Waals surface area (Å²) >= 11 is 0. The highest BCUT2D eigenvalue weighted by atomic mass is 16.3. The maximum absolute atomic E-state index is 12.5. The van der Waals surface area contributed by atoms with Gasteiger partial charge in [0.15, 0.2) is 0 Å². The Morgan fingerprint density at radius 2 is 0.737 bits per heavy atom. The fourth-order valence-corrected chi connectivity index (χ4v) is 7.61. The van der Waals surface area contributed by atoms with E-state index in [1.54, 1.807) is 0 Å². The maximum atomic E-state index is 12.5. The van der Waals surface area contributed by atoms with Gasteiger partial charge in [0.25, 0.3) is 0 Å². The molecule has 0 aromatic carbocycles. The van der Waals surface area contributed by atoms with Gasteiger partial charge < -0.3 is 25.7 Å². The predicted molar refractivity (Wildman–Crippen MR) is 247 cm³/mol. The second-order valence-electron chi connectivity index (χ2n) is 17.1. The molecule has 0 saturated carbocycles. The summed E-state index contributed by atoms with van der Waals surface area (Å²) in [7, 11) is 0. The molecule has 5 N–H and O–H groups in total. The molecule has 0 radical (unpaired) electrons. The van der Waals surface area contributed by atoms with Crippen molar-refractivity contribution in [3.8, 4) is 0 Å². The largest absolute Gasteiger partial charge is 0.394 e. The SMILES string of the molecule is CCCCCCCCCCCCCCCCCCC/C=C/CC/C=C/CC/C=C/CCCC(O)C(O)C(CO)NC(=O)C(O)CCCCCCCCCCCCC. The lowest BCUT2D eigenvalue weighted by Gasteiger charge is -2.27. The summed E-state index contributed by atoms with van der Waals surface area (Å²) in [5, 5.41) is 43.6. The van der Waals surface area contributed by atoms with Crippen molar-refractivity contribution in [1.82, 2.24) is 5.32 Å². The van der Waals surface area contributed by atoms with E-state index in [2.05, 4.69) is 55.6 Å². The molecule has 0 heterocycles. The number of allylic oxidation sites excluding steroid dienone is 6. The Bertz CT molecular complexity index is 904. The van der Waals surface area contributed by atoms with Crippen molar-refractivity contribution in [3.63, 3.8) is 0 Å². The molecule has 336 valence electrons. The number of aliphatic hydroxyl groups is 4. The third-order valence-electron chi connectivity index (χ3n) is 11.6. The number of hydrogen-bond acceptors (Lipinski definition) is 5. The Kier molecular flexibility index (Phi) is 44.4. The minimum absolute atomic E-state index is 0.360. The minimum Gasteiger partial charge on any atom is -0.394 e. The van der Waals surface area contributed by atoms with Crippen LogP contribution in [-0.2, 0) is 4.79 Å².